The number of anilines is 2. The molecule has 2 aromatic rings. The fourth-order valence-corrected chi connectivity index (χ4v) is 5.35. The second-order valence-electron chi connectivity index (χ2n) is 8.18. The molecule has 1 heterocycles. The van der Waals surface area contributed by atoms with E-state index in [1.807, 2.05) is 0 Å². The number of ether oxygens (including phenoxy) is 2. The van der Waals surface area contributed by atoms with E-state index in [0.717, 1.165) is 0 Å². The number of nitrogens with two attached hydrogens (primary N) is 2. The van der Waals surface area contributed by atoms with Gasteiger partial charge in [-0.1, -0.05) is 17.9 Å². The van der Waals surface area contributed by atoms with Gasteiger partial charge in [0.25, 0.3) is 5.91 Å². The number of aromatic nitrogens is 1. The zero-order valence-corrected chi connectivity index (χ0v) is 21.8. The van der Waals surface area contributed by atoms with Crippen molar-refractivity contribution in [1.29, 1.82) is 0 Å². The Bertz CT molecular complexity index is 1280. The van der Waals surface area contributed by atoms with E-state index in [-0.39, 0.29) is 47.7 Å². The minimum absolute atomic E-state index is 0.0999. The van der Waals surface area contributed by atoms with Crippen molar-refractivity contribution in [3.05, 3.63) is 53.2 Å². The first kappa shape index (κ1) is 29.3. The average molecular weight is 529 g/mol. The number of benzene rings is 1. The van der Waals surface area contributed by atoms with E-state index in [4.69, 9.17) is 11.5 Å². The van der Waals surface area contributed by atoms with Gasteiger partial charge in [-0.15, -0.1) is 0 Å². The van der Waals surface area contributed by atoms with Crippen LogP contribution in [0.2, 0.25) is 0 Å². The number of hydrogen-bond donors (Lipinski definition) is 2. The summed E-state index contributed by atoms with van der Waals surface area (Å²) >= 11 is 0. The zero-order valence-electron chi connectivity index (χ0n) is 21.0. The van der Waals surface area contributed by atoms with Crippen LogP contribution in [-0.2, 0) is 28.8 Å². The summed E-state index contributed by atoms with van der Waals surface area (Å²) in [5.74, 6) is 4.77. The van der Waals surface area contributed by atoms with Gasteiger partial charge in [0.2, 0.25) is 0 Å². The molecule has 0 aliphatic heterocycles. The largest absolute Gasteiger partial charge is 0.469 e. The number of carbonyl (C=O) groups excluding carboxylic acids is 3. The molecular weight excluding hydrogens is 496 g/mol. The van der Waals surface area contributed by atoms with Crippen molar-refractivity contribution in [2.45, 2.75) is 38.5 Å². The molecule has 0 saturated carbocycles. The summed E-state index contributed by atoms with van der Waals surface area (Å²) in [5.41, 5.74) is 13.4. The van der Waals surface area contributed by atoms with E-state index in [9.17, 15) is 18.6 Å². The monoisotopic (exact) mass is 528 g/mol. The average Bonchev–Trinajstić information content (AvgIpc) is 2.88. The molecule has 0 spiro atoms. The minimum Gasteiger partial charge on any atom is -0.469 e. The Morgan fingerprint density at radius 2 is 1.57 bits per heavy atom. The van der Waals surface area contributed by atoms with Gasteiger partial charge >= 0.3 is 11.9 Å². The van der Waals surface area contributed by atoms with E-state index in [1.54, 1.807) is 24.3 Å². The van der Waals surface area contributed by atoms with Crippen LogP contribution in [0.25, 0.3) is 0 Å². The SMILES string of the molecule is COC(=O)CCCCS(=O)(CCCCC(=O)OC)=NC(=O)c1cnc(N)c(C#Cc2cccc(N)c2)c1. The number of nitrogens with zero attached hydrogens (tertiary/aromatic N) is 2. The maximum atomic E-state index is 13.6. The van der Waals surface area contributed by atoms with Gasteiger partial charge in [0.1, 0.15) is 5.82 Å². The fourth-order valence-electron chi connectivity index (χ4n) is 3.24. The Kier molecular flexibility index (Phi) is 11.6. The summed E-state index contributed by atoms with van der Waals surface area (Å²) in [5, 5.41) is 0. The van der Waals surface area contributed by atoms with Gasteiger partial charge in [-0.05, 0) is 49.9 Å². The maximum absolute atomic E-state index is 13.6. The first-order chi connectivity index (χ1) is 17.7. The van der Waals surface area contributed by atoms with Crippen molar-refractivity contribution in [1.82, 2.24) is 4.98 Å². The molecule has 4 N–H and O–H groups in total. The normalized spacial score (nSPS) is 10.6. The number of amides is 1. The highest BCUT2D eigenvalue weighted by molar-refractivity contribution is 7.93. The molecule has 0 bridgehead atoms. The van der Waals surface area contributed by atoms with E-state index < -0.39 is 15.6 Å². The third-order valence-electron chi connectivity index (χ3n) is 5.29. The lowest BCUT2D eigenvalue weighted by atomic mass is 10.1. The molecule has 2 rings (SSSR count). The molecule has 0 atom stereocenters. The van der Waals surface area contributed by atoms with Gasteiger partial charge < -0.3 is 20.9 Å². The highest BCUT2D eigenvalue weighted by atomic mass is 32.2. The topological polar surface area (TPSA) is 164 Å². The number of unbranched alkanes of at least 4 members (excludes halogenated alkanes) is 2. The van der Waals surface area contributed by atoms with Crippen LogP contribution in [0.5, 0.6) is 0 Å². The molecule has 198 valence electrons. The molecule has 1 amide bonds. The van der Waals surface area contributed by atoms with Crippen molar-refractivity contribution in [2.24, 2.45) is 4.36 Å². The van der Waals surface area contributed by atoms with Crippen LogP contribution in [0.1, 0.15) is 60.0 Å². The van der Waals surface area contributed by atoms with Gasteiger partial charge in [0.05, 0.1) is 35.1 Å². The predicted octanol–water partition coefficient (Wildman–Crippen LogP) is 2.94. The Labute approximate surface area is 217 Å². The van der Waals surface area contributed by atoms with Gasteiger partial charge in [-0.3, -0.25) is 14.4 Å². The number of pyridine rings is 1. The lowest BCUT2D eigenvalue weighted by Crippen LogP contribution is -2.15. The number of esters is 2. The van der Waals surface area contributed by atoms with Gasteiger partial charge in [0, 0.05) is 41.8 Å². The summed E-state index contributed by atoms with van der Waals surface area (Å²) in [6.07, 6.45) is 3.35. The molecule has 37 heavy (non-hydrogen) atoms. The molecule has 10 nitrogen and oxygen atoms in total. The fraction of sp³-hybridized carbons (Fsp3) is 0.385. The summed E-state index contributed by atoms with van der Waals surface area (Å²) in [4.78, 5) is 39.8. The number of rotatable bonds is 11. The number of nitrogen functional groups attached to an aromatic ring is 2. The Balaban J connectivity index is 2.24. The molecule has 0 fully saturated rings. The third-order valence-corrected chi connectivity index (χ3v) is 7.64. The first-order valence-corrected chi connectivity index (χ1v) is 13.5. The van der Waals surface area contributed by atoms with E-state index in [0.29, 0.717) is 42.5 Å². The molecule has 0 saturated heterocycles. The molecule has 0 aliphatic rings. The van der Waals surface area contributed by atoms with Crippen molar-refractivity contribution >= 4 is 39.1 Å². The van der Waals surface area contributed by atoms with E-state index >= 15 is 0 Å². The van der Waals surface area contributed by atoms with Crippen LogP contribution in [0.15, 0.2) is 40.9 Å². The Morgan fingerprint density at radius 1 is 0.946 bits per heavy atom. The number of carbonyl (C=O) groups is 3. The molecular formula is C26H32N4O6S. The van der Waals surface area contributed by atoms with Crippen molar-refractivity contribution in [2.75, 3.05) is 37.2 Å². The van der Waals surface area contributed by atoms with Gasteiger partial charge in [0.15, 0.2) is 0 Å². The highest BCUT2D eigenvalue weighted by Gasteiger charge is 2.16. The van der Waals surface area contributed by atoms with Crippen LogP contribution in [0, 0.1) is 11.8 Å². The summed E-state index contributed by atoms with van der Waals surface area (Å²) in [6, 6.07) is 8.46. The minimum atomic E-state index is -2.97. The summed E-state index contributed by atoms with van der Waals surface area (Å²) in [6.45, 7) is 0. The lowest BCUT2D eigenvalue weighted by molar-refractivity contribution is -0.141. The van der Waals surface area contributed by atoms with Gasteiger partial charge in [-0.2, -0.15) is 4.36 Å². The van der Waals surface area contributed by atoms with E-state index in [2.05, 4.69) is 30.7 Å². The molecule has 1 aromatic carbocycles. The summed E-state index contributed by atoms with van der Waals surface area (Å²) in [7, 11) is -0.365. The molecule has 0 aliphatic carbocycles. The van der Waals surface area contributed by atoms with E-state index in [1.165, 1.54) is 26.5 Å². The third kappa shape index (κ3) is 10.3. The molecule has 0 radical (unpaired) electrons. The quantitative estimate of drug-likeness (QED) is 0.193. The van der Waals surface area contributed by atoms with Crippen molar-refractivity contribution in [3.63, 3.8) is 0 Å². The lowest BCUT2D eigenvalue weighted by Gasteiger charge is -2.10. The predicted molar refractivity (Wildman–Crippen MR) is 142 cm³/mol. The Hall–Kier alpha value is -3.91. The highest BCUT2D eigenvalue weighted by Crippen LogP contribution is 2.15. The second kappa shape index (κ2) is 14.6. The van der Waals surface area contributed by atoms with Crippen LogP contribution >= 0.6 is 0 Å². The van der Waals surface area contributed by atoms with Crippen LogP contribution in [-0.4, -0.2) is 52.8 Å². The standard InChI is InChI=1S/C26H32N4O6S/c1-35-23(31)10-3-5-14-37(34,15-6-4-11-24(32)36-2)30-26(33)21-17-20(25(28)29-18-21)13-12-19-8-7-9-22(27)16-19/h7-9,16-18H,3-6,10-11,14-15,27H2,1-2H3,(H2,28,29). The van der Waals surface area contributed by atoms with Crippen molar-refractivity contribution in [3.8, 4) is 11.8 Å². The maximum Gasteiger partial charge on any atom is 0.305 e. The smallest absolute Gasteiger partial charge is 0.305 e. The Morgan fingerprint density at radius 3 is 2.14 bits per heavy atom. The molecule has 0 unspecified atom stereocenters. The van der Waals surface area contributed by atoms with Gasteiger partial charge in [-0.25, -0.2) is 9.19 Å². The molecule has 11 heteroatoms. The number of methoxy groups -OCH3 is 2. The van der Waals surface area contributed by atoms with Crippen molar-refractivity contribution < 1.29 is 28.1 Å². The van der Waals surface area contributed by atoms with Crippen LogP contribution in [0.4, 0.5) is 11.5 Å². The molecule has 1 aromatic heterocycles. The number of hydrogen-bond acceptors (Lipinski definition) is 9. The van der Waals surface area contributed by atoms with Crippen LogP contribution < -0.4 is 11.5 Å². The first-order valence-electron chi connectivity index (χ1n) is 11.7. The summed E-state index contributed by atoms with van der Waals surface area (Å²) < 4.78 is 26.9. The second-order valence-corrected chi connectivity index (χ2v) is 10.7. The zero-order chi connectivity index (χ0) is 27.3. The van der Waals surface area contributed by atoms with Crippen LogP contribution in [0.3, 0.4) is 0 Å².